The third kappa shape index (κ3) is 2.59. The van der Waals surface area contributed by atoms with Crippen molar-refractivity contribution < 1.29 is 17.6 Å². The number of carbonyl (C=O) groups excluding carboxylic acids is 1. The molecule has 0 bridgehead atoms. The van der Waals surface area contributed by atoms with E-state index in [0.29, 0.717) is 5.56 Å². The van der Waals surface area contributed by atoms with Crippen LogP contribution < -0.4 is 0 Å². The van der Waals surface area contributed by atoms with Gasteiger partial charge >= 0.3 is 0 Å². The molecule has 2 aromatic rings. The Balaban J connectivity index is 1.70. The number of likely N-dealkylation sites (tertiary alicyclic amines) is 1. The van der Waals surface area contributed by atoms with Gasteiger partial charge in [0.05, 0.1) is 10.5 Å². The second-order valence-electron chi connectivity index (χ2n) is 5.07. The van der Waals surface area contributed by atoms with E-state index in [4.69, 9.17) is 0 Å². The summed E-state index contributed by atoms with van der Waals surface area (Å²) in [4.78, 5) is 17.5. The lowest BCUT2D eigenvalue weighted by Crippen LogP contribution is -2.56. The van der Waals surface area contributed by atoms with Crippen LogP contribution in [0.15, 0.2) is 53.7 Å². The molecule has 1 fully saturated rings. The van der Waals surface area contributed by atoms with Gasteiger partial charge in [-0.1, -0.05) is 0 Å². The molecule has 0 spiro atoms. The number of amides is 1. The maximum absolute atomic E-state index is 12.9. The summed E-state index contributed by atoms with van der Waals surface area (Å²) in [5.41, 5.74) is 0.431. The predicted molar refractivity (Wildman–Crippen MR) is 77.5 cm³/mol. The lowest BCUT2D eigenvalue weighted by Gasteiger charge is -2.38. The van der Waals surface area contributed by atoms with E-state index in [1.165, 1.54) is 23.2 Å². The number of hydrogen-bond donors (Lipinski definition) is 0. The molecule has 0 saturated carbocycles. The third-order valence-electron chi connectivity index (χ3n) is 3.62. The minimum absolute atomic E-state index is 0.0763. The quantitative estimate of drug-likeness (QED) is 0.804. The van der Waals surface area contributed by atoms with Crippen LogP contribution in [-0.2, 0) is 9.84 Å². The molecule has 0 radical (unpaired) electrons. The van der Waals surface area contributed by atoms with E-state index in [-0.39, 0.29) is 23.9 Å². The third-order valence-corrected chi connectivity index (χ3v) is 5.73. The summed E-state index contributed by atoms with van der Waals surface area (Å²) in [6.45, 7) is 0.265. The van der Waals surface area contributed by atoms with Crippen LogP contribution in [0.4, 0.5) is 4.39 Å². The van der Waals surface area contributed by atoms with E-state index < -0.39 is 20.9 Å². The van der Waals surface area contributed by atoms with Crippen LogP contribution in [0, 0.1) is 5.82 Å². The fourth-order valence-corrected chi connectivity index (χ4v) is 3.94. The van der Waals surface area contributed by atoms with Crippen molar-refractivity contribution in [3.63, 3.8) is 0 Å². The summed E-state index contributed by atoms with van der Waals surface area (Å²) in [7, 11) is -3.54. The summed E-state index contributed by atoms with van der Waals surface area (Å²) in [5.74, 6) is -0.723. The maximum Gasteiger partial charge on any atom is 0.255 e. The fourth-order valence-electron chi connectivity index (χ4n) is 2.29. The zero-order valence-electron chi connectivity index (χ0n) is 11.5. The van der Waals surface area contributed by atoms with E-state index in [2.05, 4.69) is 4.98 Å². The zero-order chi connectivity index (χ0) is 15.7. The number of benzene rings is 1. The van der Waals surface area contributed by atoms with Crippen molar-refractivity contribution in [2.24, 2.45) is 0 Å². The molecule has 1 aliphatic rings. The molecule has 1 saturated heterocycles. The summed E-state index contributed by atoms with van der Waals surface area (Å²) < 4.78 is 37.6. The Bertz CT molecular complexity index is 785. The molecule has 0 atom stereocenters. The van der Waals surface area contributed by atoms with E-state index in [9.17, 15) is 17.6 Å². The standard InChI is InChI=1S/C15H13FN2O3S/c16-12-3-5-13(6-4-12)22(20,21)14-9-18(10-14)15(19)11-2-1-7-17-8-11/h1-8,14H,9-10H2. The summed E-state index contributed by atoms with van der Waals surface area (Å²) in [6, 6.07) is 8.01. The van der Waals surface area contributed by atoms with Gasteiger partial charge in [0, 0.05) is 25.5 Å². The molecule has 1 aromatic heterocycles. The number of aromatic nitrogens is 1. The second kappa shape index (κ2) is 5.49. The number of halogens is 1. The lowest BCUT2D eigenvalue weighted by atomic mass is 10.1. The molecule has 22 heavy (non-hydrogen) atoms. The molecular formula is C15H13FN2O3S. The minimum atomic E-state index is -3.54. The van der Waals surface area contributed by atoms with Crippen LogP contribution in [0.25, 0.3) is 0 Å². The Morgan fingerprint density at radius 2 is 1.86 bits per heavy atom. The first kappa shape index (κ1) is 14.6. The highest BCUT2D eigenvalue weighted by Gasteiger charge is 2.40. The van der Waals surface area contributed by atoms with Crippen LogP contribution in [-0.4, -0.2) is 42.5 Å². The molecule has 3 rings (SSSR count). The molecule has 5 nitrogen and oxygen atoms in total. The Hall–Kier alpha value is -2.28. The fraction of sp³-hybridized carbons (Fsp3) is 0.200. The number of nitrogens with zero attached hydrogens (tertiary/aromatic N) is 2. The normalized spacial score (nSPS) is 15.4. The number of hydrogen-bond acceptors (Lipinski definition) is 4. The molecule has 1 aromatic carbocycles. The molecule has 7 heteroatoms. The van der Waals surface area contributed by atoms with Gasteiger partial charge in [-0.25, -0.2) is 12.8 Å². The van der Waals surface area contributed by atoms with E-state index >= 15 is 0 Å². The molecular weight excluding hydrogens is 307 g/mol. The number of rotatable bonds is 3. The molecule has 0 N–H and O–H groups in total. The predicted octanol–water partition coefficient (Wildman–Crippen LogP) is 1.52. The summed E-state index contributed by atoms with van der Waals surface area (Å²) >= 11 is 0. The van der Waals surface area contributed by atoms with Gasteiger partial charge in [-0.2, -0.15) is 0 Å². The van der Waals surface area contributed by atoms with Crippen LogP contribution in [0.2, 0.25) is 0 Å². The van der Waals surface area contributed by atoms with Crippen LogP contribution in [0.5, 0.6) is 0 Å². The average molecular weight is 320 g/mol. The molecule has 2 heterocycles. The van der Waals surface area contributed by atoms with Gasteiger partial charge in [0.15, 0.2) is 9.84 Å². The van der Waals surface area contributed by atoms with Crippen LogP contribution in [0.1, 0.15) is 10.4 Å². The van der Waals surface area contributed by atoms with Gasteiger partial charge in [-0.15, -0.1) is 0 Å². The maximum atomic E-state index is 12.9. The zero-order valence-corrected chi connectivity index (χ0v) is 12.3. The molecule has 1 amide bonds. The SMILES string of the molecule is O=C(c1cccnc1)N1CC(S(=O)(=O)c2ccc(F)cc2)C1. The Morgan fingerprint density at radius 1 is 1.18 bits per heavy atom. The van der Waals surface area contributed by atoms with Crippen LogP contribution in [0.3, 0.4) is 0 Å². The molecule has 1 aliphatic heterocycles. The van der Waals surface area contributed by atoms with Crippen molar-refractivity contribution in [1.29, 1.82) is 0 Å². The molecule has 114 valence electrons. The van der Waals surface area contributed by atoms with Gasteiger partial charge in [0.25, 0.3) is 5.91 Å². The lowest BCUT2D eigenvalue weighted by molar-refractivity contribution is 0.0658. The highest BCUT2D eigenvalue weighted by molar-refractivity contribution is 7.92. The largest absolute Gasteiger partial charge is 0.336 e. The smallest absolute Gasteiger partial charge is 0.255 e. The first-order valence-corrected chi connectivity index (χ1v) is 8.22. The molecule has 0 aliphatic carbocycles. The Morgan fingerprint density at radius 3 is 2.45 bits per heavy atom. The topological polar surface area (TPSA) is 67.3 Å². The number of carbonyl (C=O) groups is 1. The van der Waals surface area contributed by atoms with Crippen molar-refractivity contribution in [3.05, 3.63) is 60.2 Å². The second-order valence-corrected chi connectivity index (χ2v) is 7.30. The van der Waals surface area contributed by atoms with Crippen molar-refractivity contribution >= 4 is 15.7 Å². The van der Waals surface area contributed by atoms with E-state index in [0.717, 1.165) is 12.1 Å². The van der Waals surface area contributed by atoms with E-state index in [1.54, 1.807) is 18.3 Å². The minimum Gasteiger partial charge on any atom is -0.336 e. The van der Waals surface area contributed by atoms with Gasteiger partial charge in [-0.3, -0.25) is 9.78 Å². The first-order chi connectivity index (χ1) is 10.5. The van der Waals surface area contributed by atoms with E-state index in [1.807, 2.05) is 0 Å². The highest BCUT2D eigenvalue weighted by Crippen LogP contribution is 2.25. The first-order valence-electron chi connectivity index (χ1n) is 6.67. The Kier molecular flexibility index (Phi) is 3.66. The summed E-state index contributed by atoms with van der Waals surface area (Å²) in [6.07, 6.45) is 3.01. The van der Waals surface area contributed by atoms with Crippen molar-refractivity contribution in [1.82, 2.24) is 9.88 Å². The average Bonchev–Trinajstić information content (AvgIpc) is 2.46. The van der Waals surface area contributed by atoms with Gasteiger partial charge in [-0.05, 0) is 36.4 Å². The highest BCUT2D eigenvalue weighted by atomic mass is 32.2. The van der Waals surface area contributed by atoms with Gasteiger partial charge in [0.2, 0.25) is 0 Å². The van der Waals surface area contributed by atoms with Gasteiger partial charge in [0.1, 0.15) is 11.1 Å². The molecule has 0 unspecified atom stereocenters. The monoisotopic (exact) mass is 320 g/mol. The van der Waals surface area contributed by atoms with Crippen LogP contribution >= 0.6 is 0 Å². The number of sulfone groups is 1. The van der Waals surface area contributed by atoms with Gasteiger partial charge < -0.3 is 4.90 Å². The van der Waals surface area contributed by atoms with Crippen molar-refractivity contribution in [2.75, 3.05) is 13.1 Å². The van der Waals surface area contributed by atoms with Crippen molar-refractivity contribution in [2.45, 2.75) is 10.1 Å². The number of pyridine rings is 1. The Labute approximate surface area is 127 Å². The summed E-state index contributed by atoms with van der Waals surface area (Å²) in [5, 5.41) is -0.654. The van der Waals surface area contributed by atoms with Crippen molar-refractivity contribution in [3.8, 4) is 0 Å².